The van der Waals surface area contributed by atoms with Crippen LogP contribution in [0.1, 0.15) is 117 Å². The molecular formula is C34H49NO4S. The summed E-state index contributed by atoms with van der Waals surface area (Å²) in [6, 6.07) is 5.74. The number of nitro groups is 1. The second-order valence-electron chi connectivity index (χ2n) is 13.7. The zero-order chi connectivity index (χ0) is 28.3. The third-order valence-corrected chi connectivity index (χ3v) is 12.7. The summed E-state index contributed by atoms with van der Waals surface area (Å²) in [6.07, 6.45) is 22.5. The molecular weight excluding hydrogens is 518 g/mol. The van der Waals surface area contributed by atoms with Gasteiger partial charge < -0.3 is 4.74 Å². The normalized spacial score (nSPS) is 34.8. The van der Waals surface area contributed by atoms with Crippen LogP contribution in [0.15, 0.2) is 35.9 Å². The lowest BCUT2D eigenvalue weighted by Gasteiger charge is -2.58. The van der Waals surface area contributed by atoms with Crippen LogP contribution < -0.4 is 4.74 Å². The lowest BCUT2D eigenvalue weighted by Crippen LogP contribution is -2.50. The molecule has 6 heteroatoms. The van der Waals surface area contributed by atoms with E-state index in [4.69, 9.17) is 4.74 Å². The minimum absolute atomic E-state index is 0.00415. The summed E-state index contributed by atoms with van der Waals surface area (Å²) in [4.78, 5) is 23.1. The third-order valence-electron chi connectivity index (χ3n) is 11.7. The van der Waals surface area contributed by atoms with Gasteiger partial charge in [0.2, 0.25) is 0 Å². The second kappa shape index (κ2) is 12.6. The maximum atomic E-state index is 12.7. The van der Waals surface area contributed by atoms with Crippen molar-refractivity contribution >= 4 is 22.8 Å². The minimum Gasteiger partial charge on any atom is -0.418 e. The van der Waals surface area contributed by atoms with Crippen molar-refractivity contribution < 1.29 is 14.5 Å². The Bertz CT molecular complexity index is 1090. The number of hydrogen-bond acceptors (Lipinski definition) is 5. The summed E-state index contributed by atoms with van der Waals surface area (Å²) in [5, 5.41) is 10.8. The highest BCUT2D eigenvalue weighted by molar-refractivity contribution is 8.13. The Morgan fingerprint density at radius 3 is 2.50 bits per heavy atom. The van der Waals surface area contributed by atoms with E-state index in [9.17, 15) is 14.9 Å². The van der Waals surface area contributed by atoms with E-state index in [1.807, 2.05) is 0 Å². The van der Waals surface area contributed by atoms with Crippen LogP contribution >= 0.6 is 11.8 Å². The number of nitro benzene ring substituents is 1. The molecule has 0 aromatic heterocycles. The van der Waals surface area contributed by atoms with Crippen LogP contribution in [0, 0.1) is 44.6 Å². The van der Waals surface area contributed by atoms with Crippen molar-refractivity contribution in [3.05, 3.63) is 46.0 Å². The van der Waals surface area contributed by atoms with Gasteiger partial charge in [0.25, 0.3) is 5.69 Å². The van der Waals surface area contributed by atoms with Gasteiger partial charge in [0, 0.05) is 17.4 Å². The molecule has 220 valence electrons. The number of rotatable bonds is 10. The van der Waals surface area contributed by atoms with Crippen molar-refractivity contribution in [2.24, 2.45) is 34.5 Å². The van der Waals surface area contributed by atoms with E-state index in [0.717, 1.165) is 42.9 Å². The quantitative estimate of drug-likeness (QED) is 0.0924. The Morgan fingerprint density at radius 1 is 1.00 bits per heavy atom. The van der Waals surface area contributed by atoms with Crippen LogP contribution in [0.4, 0.5) is 10.5 Å². The molecule has 3 saturated carbocycles. The predicted octanol–water partition coefficient (Wildman–Crippen LogP) is 10.5. The first-order chi connectivity index (χ1) is 19.2. The van der Waals surface area contributed by atoms with Crippen molar-refractivity contribution in [3.63, 3.8) is 0 Å². The van der Waals surface area contributed by atoms with Gasteiger partial charge in [-0.3, -0.25) is 10.1 Å². The number of carbonyl (C=O) groups excluding carboxylic acids is 1. The summed E-state index contributed by atoms with van der Waals surface area (Å²) in [5.41, 5.74) is 2.41. The van der Waals surface area contributed by atoms with Crippen molar-refractivity contribution in [2.45, 2.75) is 122 Å². The van der Waals surface area contributed by atoms with E-state index in [2.05, 4.69) is 26.8 Å². The standard InChI is InChI=1S/C34H49NO4S/c1-4-5-6-7-8-9-10-24-12-18-30-29-17-11-25-23-28(19-21-34(25,3)31(29)20-22-33(24,30)2)40-32(36)39-27-15-13-26(14-16-27)35(37)38/h11,13-16,24,28-31H,4-10,12,17-23H2,1-3H3/t24-,28-,29-,30-,31-,33+,34-/m0/s1. The summed E-state index contributed by atoms with van der Waals surface area (Å²) in [5.74, 6) is 3.79. The molecule has 1 aromatic rings. The molecule has 0 heterocycles. The van der Waals surface area contributed by atoms with Gasteiger partial charge in [0.1, 0.15) is 5.75 Å². The smallest absolute Gasteiger partial charge is 0.372 e. The molecule has 0 amide bonds. The topological polar surface area (TPSA) is 69.4 Å². The number of unbranched alkanes of at least 4 members (excludes halogenated alkanes) is 5. The van der Waals surface area contributed by atoms with Gasteiger partial charge in [-0.1, -0.05) is 70.9 Å². The number of ether oxygens (including phenoxy) is 1. The first-order valence-corrected chi connectivity index (χ1v) is 16.9. The first kappa shape index (κ1) is 29.7. The largest absolute Gasteiger partial charge is 0.418 e. The molecule has 0 N–H and O–H groups in total. The molecule has 0 aliphatic heterocycles. The number of hydrogen-bond donors (Lipinski definition) is 0. The Balaban J connectivity index is 1.16. The number of nitrogens with zero attached hydrogens (tertiary/aromatic N) is 1. The molecule has 3 fully saturated rings. The summed E-state index contributed by atoms with van der Waals surface area (Å²) in [7, 11) is 0. The Kier molecular flexibility index (Phi) is 9.34. The minimum atomic E-state index is -0.448. The van der Waals surface area contributed by atoms with Crippen molar-refractivity contribution in [1.29, 1.82) is 0 Å². The third kappa shape index (κ3) is 6.03. The number of fused-ring (bicyclic) bond motifs is 5. The molecule has 0 saturated heterocycles. The molecule has 5 rings (SSSR count). The summed E-state index contributed by atoms with van der Waals surface area (Å²) >= 11 is 1.30. The van der Waals surface area contributed by atoms with E-state index < -0.39 is 4.92 Å². The molecule has 0 radical (unpaired) electrons. The fourth-order valence-corrected chi connectivity index (χ4v) is 10.3. The van der Waals surface area contributed by atoms with Crippen LogP contribution in [0.2, 0.25) is 0 Å². The van der Waals surface area contributed by atoms with E-state index in [1.54, 1.807) is 5.57 Å². The number of benzene rings is 1. The molecule has 0 spiro atoms. The maximum absolute atomic E-state index is 12.7. The summed E-state index contributed by atoms with van der Waals surface area (Å²) < 4.78 is 5.50. The molecule has 0 unspecified atom stereocenters. The van der Waals surface area contributed by atoms with Crippen LogP contribution in [-0.4, -0.2) is 15.5 Å². The number of carbonyl (C=O) groups is 1. The maximum Gasteiger partial charge on any atom is 0.372 e. The molecule has 0 bridgehead atoms. The van der Waals surface area contributed by atoms with Gasteiger partial charge in [0.05, 0.1) is 4.92 Å². The lowest BCUT2D eigenvalue weighted by atomic mass is 9.47. The molecule has 40 heavy (non-hydrogen) atoms. The van der Waals surface area contributed by atoms with Crippen LogP contribution in [0.3, 0.4) is 0 Å². The average Bonchev–Trinajstić information content (AvgIpc) is 3.27. The van der Waals surface area contributed by atoms with E-state index in [0.29, 0.717) is 11.2 Å². The molecule has 1 aromatic carbocycles. The highest BCUT2D eigenvalue weighted by Crippen LogP contribution is 2.67. The van der Waals surface area contributed by atoms with Gasteiger partial charge in [-0.2, -0.15) is 0 Å². The highest BCUT2D eigenvalue weighted by atomic mass is 32.2. The van der Waals surface area contributed by atoms with Crippen LogP contribution in [0.5, 0.6) is 5.75 Å². The van der Waals surface area contributed by atoms with Gasteiger partial charge in [-0.05, 0) is 116 Å². The van der Waals surface area contributed by atoms with Crippen molar-refractivity contribution in [1.82, 2.24) is 0 Å². The van der Waals surface area contributed by atoms with Crippen molar-refractivity contribution in [3.8, 4) is 5.75 Å². The lowest BCUT2D eigenvalue weighted by molar-refractivity contribution is -0.384. The average molecular weight is 568 g/mol. The highest BCUT2D eigenvalue weighted by Gasteiger charge is 2.58. The van der Waals surface area contributed by atoms with Crippen molar-refractivity contribution in [2.75, 3.05) is 0 Å². The number of non-ortho nitro benzene ring substituents is 1. The van der Waals surface area contributed by atoms with Gasteiger partial charge >= 0.3 is 5.30 Å². The fraction of sp³-hybridized carbons (Fsp3) is 0.735. The molecule has 4 aliphatic carbocycles. The predicted molar refractivity (Wildman–Crippen MR) is 164 cm³/mol. The first-order valence-electron chi connectivity index (χ1n) is 16.1. The summed E-state index contributed by atoms with van der Waals surface area (Å²) in [6.45, 7) is 7.50. The van der Waals surface area contributed by atoms with E-state index >= 15 is 0 Å². The van der Waals surface area contributed by atoms with Crippen LogP contribution in [-0.2, 0) is 0 Å². The Morgan fingerprint density at radius 2 is 1.75 bits per heavy atom. The van der Waals surface area contributed by atoms with Gasteiger partial charge in [0.15, 0.2) is 0 Å². The Hall–Kier alpha value is -1.82. The zero-order valence-electron chi connectivity index (χ0n) is 24.9. The fourth-order valence-electron chi connectivity index (χ4n) is 9.37. The molecule has 5 nitrogen and oxygen atoms in total. The van der Waals surface area contributed by atoms with Crippen LogP contribution in [0.25, 0.3) is 0 Å². The van der Waals surface area contributed by atoms with Gasteiger partial charge in [-0.25, -0.2) is 4.79 Å². The van der Waals surface area contributed by atoms with E-state index in [1.165, 1.54) is 113 Å². The SMILES string of the molecule is CCCCCCCC[C@H]1CC[C@H]2[C@@H]3CC=C4C[C@@H](SC(=O)Oc5ccc([N+](=O)[O-])cc5)CC[C@]4(C)[C@H]3CC[C@]12C. The van der Waals surface area contributed by atoms with Gasteiger partial charge in [-0.15, -0.1) is 0 Å². The second-order valence-corrected chi connectivity index (χ2v) is 15.0. The molecule has 4 aliphatic rings. The monoisotopic (exact) mass is 567 g/mol. The zero-order valence-corrected chi connectivity index (χ0v) is 25.7. The van der Waals surface area contributed by atoms with E-state index in [-0.39, 0.29) is 21.7 Å². The number of thioether (sulfide) groups is 1. The number of allylic oxidation sites excluding steroid dienone is 2. The Labute approximate surface area is 245 Å². The molecule has 7 atom stereocenters.